The lowest BCUT2D eigenvalue weighted by Gasteiger charge is -2.26. The fourth-order valence-electron chi connectivity index (χ4n) is 2.21. The molecule has 1 fully saturated rings. The number of allylic oxidation sites excluding steroid dienone is 1. The summed E-state index contributed by atoms with van der Waals surface area (Å²) in [4.78, 5) is 10.9. The number of hydrogen-bond acceptors (Lipinski definition) is 1. The Balaban J connectivity index is 2.51. The number of carboxylic acids is 1. The fourth-order valence-corrected chi connectivity index (χ4v) is 2.21. The second-order valence-electron chi connectivity index (χ2n) is 3.87. The minimum absolute atomic E-state index is 0.183. The van der Waals surface area contributed by atoms with Crippen LogP contribution in [0.1, 0.15) is 38.5 Å². The molecular formula is C11H18O2. The topological polar surface area (TPSA) is 37.3 Å². The van der Waals surface area contributed by atoms with E-state index in [4.69, 9.17) is 5.11 Å². The highest BCUT2D eigenvalue weighted by molar-refractivity contribution is 5.70. The molecule has 0 aliphatic heterocycles. The molecule has 0 spiro atoms. The second-order valence-corrected chi connectivity index (χ2v) is 3.87. The third kappa shape index (κ3) is 2.87. The minimum Gasteiger partial charge on any atom is -0.481 e. The summed E-state index contributed by atoms with van der Waals surface area (Å²) in [5.74, 6) is -0.436. The van der Waals surface area contributed by atoms with Gasteiger partial charge in [-0.25, -0.2) is 0 Å². The van der Waals surface area contributed by atoms with Crippen LogP contribution in [0.25, 0.3) is 0 Å². The van der Waals surface area contributed by atoms with Crippen molar-refractivity contribution in [2.24, 2.45) is 11.8 Å². The quantitative estimate of drug-likeness (QED) is 0.679. The number of rotatable bonds is 4. The Kier molecular flexibility index (Phi) is 4.00. The molecule has 0 amide bonds. The Morgan fingerprint density at radius 1 is 1.46 bits per heavy atom. The van der Waals surface area contributed by atoms with Gasteiger partial charge in [0, 0.05) is 0 Å². The standard InChI is InChI=1S/C11H18O2/c1-2-6-10(11(12)13)9-7-4-3-5-8-9/h2,9-10H,1,3-8H2,(H,12,13). The summed E-state index contributed by atoms with van der Waals surface area (Å²) in [5.41, 5.74) is 0. The maximum Gasteiger partial charge on any atom is 0.307 e. The molecule has 0 bridgehead atoms. The van der Waals surface area contributed by atoms with Gasteiger partial charge in [-0.15, -0.1) is 6.58 Å². The zero-order valence-corrected chi connectivity index (χ0v) is 8.04. The van der Waals surface area contributed by atoms with E-state index in [1.165, 1.54) is 19.3 Å². The van der Waals surface area contributed by atoms with Crippen LogP contribution in [0.2, 0.25) is 0 Å². The number of hydrogen-bond donors (Lipinski definition) is 1. The van der Waals surface area contributed by atoms with Crippen molar-refractivity contribution in [2.75, 3.05) is 0 Å². The molecule has 0 aromatic carbocycles. The third-order valence-electron chi connectivity index (χ3n) is 2.96. The molecule has 1 rings (SSSR count). The van der Waals surface area contributed by atoms with Crippen LogP contribution in [0.4, 0.5) is 0 Å². The molecular weight excluding hydrogens is 164 g/mol. The predicted octanol–water partition coefficient (Wildman–Crippen LogP) is 2.84. The average molecular weight is 182 g/mol. The molecule has 1 atom stereocenters. The van der Waals surface area contributed by atoms with Gasteiger partial charge in [0.05, 0.1) is 5.92 Å². The predicted molar refractivity (Wildman–Crippen MR) is 52.5 cm³/mol. The summed E-state index contributed by atoms with van der Waals surface area (Å²) in [6.07, 6.45) is 8.21. The normalized spacial score (nSPS) is 20.9. The van der Waals surface area contributed by atoms with Crippen molar-refractivity contribution < 1.29 is 9.90 Å². The first-order valence-corrected chi connectivity index (χ1v) is 5.09. The van der Waals surface area contributed by atoms with Crippen molar-refractivity contribution >= 4 is 5.97 Å². The van der Waals surface area contributed by atoms with Crippen molar-refractivity contribution in [3.05, 3.63) is 12.7 Å². The van der Waals surface area contributed by atoms with E-state index in [2.05, 4.69) is 6.58 Å². The van der Waals surface area contributed by atoms with Crippen LogP contribution < -0.4 is 0 Å². The van der Waals surface area contributed by atoms with E-state index in [0.29, 0.717) is 12.3 Å². The number of aliphatic carboxylic acids is 1. The fraction of sp³-hybridized carbons (Fsp3) is 0.727. The molecule has 13 heavy (non-hydrogen) atoms. The van der Waals surface area contributed by atoms with Crippen molar-refractivity contribution in [2.45, 2.75) is 38.5 Å². The first-order valence-electron chi connectivity index (χ1n) is 5.09. The van der Waals surface area contributed by atoms with E-state index in [0.717, 1.165) is 12.8 Å². The minimum atomic E-state index is -0.646. The average Bonchev–Trinajstić information content (AvgIpc) is 2.15. The van der Waals surface area contributed by atoms with Crippen LogP contribution in [0.15, 0.2) is 12.7 Å². The molecule has 0 heterocycles. The molecule has 1 N–H and O–H groups in total. The first-order chi connectivity index (χ1) is 6.25. The second kappa shape index (κ2) is 5.05. The monoisotopic (exact) mass is 182 g/mol. The van der Waals surface area contributed by atoms with Gasteiger partial charge in [0.15, 0.2) is 0 Å². The molecule has 1 aliphatic rings. The van der Waals surface area contributed by atoms with E-state index < -0.39 is 5.97 Å². The summed E-state index contributed by atoms with van der Waals surface area (Å²) < 4.78 is 0. The summed E-state index contributed by atoms with van der Waals surface area (Å²) in [6, 6.07) is 0. The van der Waals surface area contributed by atoms with E-state index in [9.17, 15) is 4.79 Å². The summed E-state index contributed by atoms with van der Waals surface area (Å²) in [7, 11) is 0. The lowest BCUT2D eigenvalue weighted by molar-refractivity contribution is -0.144. The summed E-state index contributed by atoms with van der Waals surface area (Å²) in [6.45, 7) is 3.61. The van der Waals surface area contributed by atoms with Crippen LogP contribution in [-0.2, 0) is 4.79 Å². The van der Waals surface area contributed by atoms with E-state index >= 15 is 0 Å². The maximum atomic E-state index is 10.9. The highest BCUT2D eigenvalue weighted by Gasteiger charge is 2.27. The number of carbonyl (C=O) groups is 1. The smallest absolute Gasteiger partial charge is 0.307 e. The largest absolute Gasteiger partial charge is 0.481 e. The molecule has 2 heteroatoms. The third-order valence-corrected chi connectivity index (χ3v) is 2.96. The van der Waals surface area contributed by atoms with Crippen molar-refractivity contribution in [3.8, 4) is 0 Å². The van der Waals surface area contributed by atoms with Gasteiger partial charge in [0.2, 0.25) is 0 Å². The van der Waals surface area contributed by atoms with Gasteiger partial charge in [0.25, 0.3) is 0 Å². The lowest BCUT2D eigenvalue weighted by atomic mass is 9.78. The zero-order valence-electron chi connectivity index (χ0n) is 8.04. The van der Waals surface area contributed by atoms with E-state index in [1.54, 1.807) is 6.08 Å². The van der Waals surface area contributed by atoms with Crippen LogP contribution in [0.5, 0.6) is 0 Å². The van der Waals surface area contributed by atoms with Gasteiger partial charge in [0.1, 0.15) is 0 Å². The Labute approximate surface area is 79.6 Å². The van der Waals surface area contributed by atoms with Crippen molar-refractivity contribution in [1.29, 1.82) is 0 Å². The van der Waals surface area contributed by atoms with Crippen molar-refractivity contribution in [1.82, 2.24) is 0 Å². The Morgan fingerprint density at radius 3 is 2.54 bits per heavy atom. The van der Waals surface area contributed by atoms with Gasteiger partial charge in [-0.2, -0.15) is 0 Å². The van der Waals surface area contributed by atoms with Crippen LogP contribution in [-0.4, -0.2) is 11.1 Å². The molecule has 0 radical (unpaired) electrons. The highest BCUT2D eigenvalue weighted by Crippen LogP contribution is 2.31. The summed E-state index contributed by atoms with van der Waals surface area (Å²) >= 11 is 0. The van der Waals surface area contributed by atoms with E-state index in [-0.39, 0.29) is 5.92 Å². The Hall–Kier alpha value is -0.790. The van der Waals surface area contributed by atoms with Gasteiger partial charge in [-0.3, -0.25) is 4.79 Å². The van der Waals surface area contributed by atoms with Crippen LogP contribution >= 0.6 is 0 Å². The molecule has 0 aromatic heterocycles. The Morgan fingerprint density at radius 2 is 2.08 bits per heavy atom. The molecule has 1 unspecified atom stereocenters. The zero-order chi connectivity index (χ0) is 9.68. The van der Waals surface area contributed by atoms with E-state index in [1.807, 2.05) is 0 Å². The molecule has 0 aromatic rings. The lowest BCUT2D eigenvalue weighted by Crippen LogP contribution is -2.24. The SMILES string of the molecule is C=CCC(C(=O)O)C1CCCCC1. The molecule has 1 saturated carbocycles. The highest BCUT2D eigenvalue weighted by atomic mass is 16.4. The Bertz CT molecular complexity index is 181. The molecule has 2 nitrogen and oxygen atoms in total. The molecule has 74 valence electrons. The maximum absolute atomic E-state index is 10.9. The van der Waals surface area contributed by atoms with Gasteiger partial charge in [-0.05, 0) is 25.2 Å². The van der Waals surface area contributed by atoms with Gasteiger partial charge < -0.3 is 5.11 Å². The van der Waals surface area contributed by atoms with Crippen molar-refractivity contribution in [3.63, 3.8) is 0 Å². The van der Waals surface area contributed by atoms with Crippen LogP contribution in [0, 0.1) is 11.8 Å². The molecule has 0 saturated heterocycles. The van der Waals surface area contributed by atoms with Gasteiger partial charge in [-0.1, -0.05) is 25.3 Å². The van der Waals surface area contributed by atoms with Crippen LogP contribution in [0.3, 0.4) is 0 Å². The first kappa shape index (κ1) is 10.3. The number of carboxylic acid groups (broad SMARTS) is 1. The molecule has 1 aliphatic carbocycles. The van der Waals surface area contributed by atoms with Gasteiger partial charge >= 0.3 is 5.97 Å². The summed E-state index contributed by atoms with van der Waals surface area (Å²) in [5, 5.41) is 9.01.